The zero-order valence-corrected chi connectivity index (χ0v) is 8.89. The molecule has 1 amide bonds. The summed E-state index contributed by atoms with van der Waals surface area (Å²) >= 11 is 0. The molecule has 1 N–H and O–H groups in total. The summed E-state index contributed by atoms with van der Waals surface area (Å²) in [7, 11) is 1.28. The SMILES string of the molecule is CN=S1(=O)CCC(C(=O)NC)CC1. The van der Waals surface area contributed by atoms with Gasteiger partial charge in [-0.15, -0.1) is 0 Å². The van der Waals surface area contributed by atoms with E-state index in [9.17, 15) is 9.00 Å². The highest BCUT2D eigenvalue weighted by Crippen LogP contribution is 2.20. The van der Waals surface area contributed by atoms with E-state index >= 15 is 0 Å². The third kappa shape index (κ3) is 2.43. The molecule has 0 aromatic rings. The molecule has 0 aliphatic carbocycles. The predicted octanol–water partition coefficient (Wildman–Crippen LogP) is 0.240. The fourth-order valence-corrected chi connectivity index (χ4v) is 3.42. The van der Waals surface area contributed by atoms with Gasteiger partial charge in [-0.05, 0) is 12.8 Å². The third-order valence-electron chi connectivity index (χ3n) is 2.52. The second-order valence-corrected chi connectivity index (χ2v) is 5.98. The van der Waals surface area contributed by atoms with Gasteiger partial charge in [0, 0.05) is 41.2 Å². The van der Waals surface area contributed by atoms with E-state index in [2.05, 4.69) is 9.68 Å². The van der Waals surface area contributed by atoms with E-state index in [4.69, 9.17) is 0 Å². The topological polar surface area (TPSA) is 58.5 Å². The molecule has 13 heavy (non-hydrogen) atoms. The molecule has 1 rings (SSSR count). The maximum Gasteiger partial charge on any atom is 0.222 e. The Morgan fingerprint density at radius 3 is 2.38 bits per heavy atom. The van der Waals surface area contributed by atoms with E-state index in [1.807, 2.05) is 0 Å². The van der Waals surface area contributed by atoms with E-state index in [-0.39, 0.29) is 11.8 Å². The second kappa shape index (κ2) is 4.09. The van der Waals surface area contributed by atoms with Crippen molar-refractivity contribution in [2.45, 2.75) is 12.8 Å². The van der Waals surface area contributed by atoms with Crippen molar-refractivity contribution in [3.8, 4) is 0 Å². The maximum absolute atomic E-state index is 11.7. The average Bonchev–Trinajstić information content (AvgIpc) is 2.18. The third-order valence-corrected chi connectivity index (χ3v) is 4.93. The van der Waals surface area contributed by atoms with E-state index in [1.54, 1.807) is 14.1 Å². The smallest absolute Gasteiger partial charge is 0.222 e. The number of carbonyl (C=O) groups excluding carboxylic acids is 1. The zero-order valence-electron chi connectivity index (χ0n) is 8.08. The summed E-state index contributed by atoms with van der Waals surface area (Å²) in [6, 6.07) is 0. The van der Waals surface area contributed by atoms with Crippen LogP contribution in [-0.2, 0) is 14.5 Å². The van der Waals surface area contributed by atoms with Crippen LogP contribution in [0.2, 0.25) is 0 Å². The molecular weight excluding hydrogens is 188 g/mol. The van der Waals surface area contributed by atoms with Gasteiger partial charge in [0.15, 0.2) is 0 Å². The number of rotatable bonds is 1. The Morgan fingerprint density at radius 1 is 1.46 bits per heavy atom. The molecule has 1 aliphatic rings. The summed E-state index contributed by atoms with van der Waals surface area (Å²) < 4.78 is 15.6. The quantitative estimate of drug-likeness (QED) is 0.665. The summed E-state index contributed by atoms with van der Waals surface area (Å²) in [5, 5.41) is 2.62. The Bertz CT molecular complexity index is 291. The molecule has 0 unspecified atom stereocenters. The van der Waals surface area contributed by atoms with Gasteiger partial charge in [-0.2, -0.15) is 0 Å². The molecule has 1 aliphatic heterocycles. The first-order chi connectivity index (χ1) is 6.11. The first-order valence-corrected chi connectivity index (χ1v) is 6.29. The van der Waals surface area contributed by atoms with E-state index in [1.165, 1.54) is 0 Å². The molecule has 0 aromatic heterocycles. The van der Waals surface area contributed by atoms with Crippen molar-refractivity contribution in [1.82, 2.24) is 5.32 Å². The minimum absolute atomic E-state index is 0.0429. The number of carbonyl (C=O) groups is 1. The van der Waals surface area contributed by atoms with Gasteiger partial charge < -0.3 is 5.32 Å². The van der Waals surface area contributed by atoms with Gasteiger partial charge in [-0.3, -0.25) is 4.79 Å². The molecule has 0 aromatic carbocycles. The monoisotopic (exact) mass is 204 g/mol. The lowest BCUT2D eigenvalue weighted by molar-refractivity contribution is -0.124. The first kappa shape index (κ1) is 10.5. The second-order valence-electron chi connectivity index (χ2n) is 3.25. The van der Waals surface area contributed by atoms with Crippen molar-refractivity contribution < 1.29 is 9.00 Å². The van der Waals surface area contributed by atoms with E-state index in [0.29, 0.717) is 24.3 Å². The number of nitrogens with zero attached hydrogens (tertiary/aromatic N) is 1. The Balaban J connectivity index is 2.58. The van der Waals surface area contributed by atoms with Crippen LogP contribution in [0.4, 0.5) is 0 Å². The van der Waals surface area contributed by atoms with Crippen LogP contribution in [0.3, 0.4) is 0 Å². The Labute approximate surface area is 79.3 Å². The average molecular weight is 204 g/mol. The molecule has 4 nitrogen and oxygen atoms in total. The van der Waals surface area contributed by atoms with Crippen LogP contribution in [0.25, 0.3) is 0 Å². The summed E-state index contributed by atoms with van der Waals surface area (Å²) in [6.45, 7) is 0. The van der Waals surface area contributed by atoms with Gasteiger partial charge in [0.2, 0.25) is 5.91 Å². The molecule has 0 radical (unpaired) electrons. The number of amides is 1. The van der Waals surface area contributed by atoms with Crippen molar-refractivity contribution in [3.63, 3.8) is 0 Å². The van der Waals surface area contributed by atoms with Crippen molar-refractivity contribution in [2.24, 2.45) is 10.3 Å². The lowest BCUT2D eigenvalue weighted by Gasteiger charge is -2.22. The molecule has 1 saturated heterocycles. The molecule has 5 heteroatoms. The molecule has 0 saturated carbocycles. The molecular formula is C8H16N2O2S. The van der Waals surface area contributed by atoms with Crippen molar-refractivity contribution >= 4 is 15.6 Å². The van der Waals surface area contributed by atoms with Crippen LogP contribution in [-0.4, -0.2) is 35.7 Å². The van der Waals surface area contributed by atoms with Crippen LogP contribution in [0.15, 0.2) is 4.36 Å². The summed E-state index contributed by atoms with van der Waals surface area (Å²) in [4.78, 5) is 11.2. The maximum atomic E-state index is 11.7. The molecule has 1 heterocycles. The van der Waals surface area contributed by atoms with Crippen molar-refractivity contribution in [2.75, 3.05) is 25.6 Å². The van der Waals surface area contributed by atoms with Gasteiger partial charge in [0.25, 0.3) is 0 Å². The van der Waals surface area contributed by atoms with Gasteiger partial charge in [-0.25, -0.2) is 8.57 Å². The van der Waals surface area contributed by atoms with Crippen LogP contribution in [0.1, 0.15) is 12.8 Å². The summed E-state index contributed by atoms with van der Waals surface area (Å²) in [6.07, 6.45) is 1.41. The number of hydrogen-bond acceptors (Lipinski definition) is 3. The molecule has 1 fully saturated rings. The van der Waals surface area contributed by atoms with Gasteiger partial charge >= 0.3 is 0 Å². The van der Waals surface area contributed by atoms with Crippen LogP contribution in [0.5, 0.6) is 0 Å². The highest BCUT2D eigenvalue weighted by Gasteiger charge is 2.26. The normalized spacial score (nSPS) is 33.8. The van der Waals surface area contributed by atoms with Crippen molar-refractivity contribution in [3.05, 3.63) is 0 Å². The zero-order chi connectivity index (χ0) is 9.90. The van der Waals surface area contributed by atoms with Gasteiger partial charge in [-0.1, -0.05) is 0 Å². The first-order valence-electron chi connectivity index (χ1n) is 4.43. The number of hydrogen-bond donors (Lipinski definition) is 1. The highest BCUT2D eigenvalue weighted by atomic mass is 32.2. The highest BCUT2D eigenvalue weighted by molar-refractivity contribution is 7.93. The van der Waals surface area contributed by atoms with E-state index in [0.717, 1.165) is 0 Å². The van der Waals surface area contributed by atoms with Crippen LogP contribution >= 0.6 is 0 Å². The molecule has 0 atom stereocenters. The van der Waals surface area contributed by atoms with Gasteiger partial charge in [0.05, 0.1) is 0 Å². The number of nitrogens with one attached hydrogen (secondary N) is 1. The summed E-state index contributed by atoms with van der Waals surface area (Å²) in [5.41, 5.74) is 0. The Kier molecular flexibility index (Phi) is 3.30. The largest absolute Gasteiger partial charge is 0.359 e. The molecule has 0 bridgehead atoms. The fourth-order valence-electron chi connectivity index (χ4n) is 1.55. The Hall–Kier alpha value is -0.580. The van der Waals surface area contributed by atoms with Crippen LogP contribution < -0.4 is 5.32 Å². The fraction of sp³-hybridized carbons (Fsp3) is 0.875. The standard InChI is InChI=1S/C8H16N2O2S/c1-9-8(11)7-3-5-13(12,10-2)6-4-7/h7H,3-6H2,1-2H3,(H,9,11). The Morgan fingerprint density at radius 2 is 2.00 bits per heavy atom. The van der Waals surface area contributed by atoms with Gasteiger partial charge in [0.1, 0.15) is 0 Å². The minimum atomic E-state index is -1.96. The van der Waals surface area contributed by atoms with E-state index < -0.39 is 9.73 Å². The lowest BCUT2D eigenvalue weighted by atomic mass is 10.0. The lowest BCUT2D eigenvalue weighted by Crippen LogP contribution is -2.34. The van der Waals surface area contributed by atoms with Crippen LogP contribution in [0, 0.1) is 5.92 Å². The minimum Gasteiger partial charge on any atom is -0.359 e. The predicted molar refractivity (Wildman–Crippen MR) is 53.0 cm³/mol. The molecule has 76 valence electrons. The summed E-state index contributed by atoms with van der Waals surface area (Å²) in [5.74, 6) is 1.25. The molecule has 0 spiro atoms. The van der Waals surface area contributed by atoms with Crippen molar-refractivity contribution in [1.29, 1.82) is 0 Å².